The Bertz CT molecular complexity index is 1340. The summed E-state index contributed by atoms with van der Waals surface area (Å²) in [5, 5.41) is 18.8. The molecule has 0 saturated carbocycles. The summed E-state index contributed by atoms with van der Waals surface area (Å²) < 4.78 is 24.8. The molecule has 0 radical (unpaired) electrons. The zero-order valence-corrected chi connectivity index (χ0v) is 20.0. The first-order valence-corrected chi connectivity index (χ1v) is 13.2. The van der Waals surface area contributed by atoms with Gasteiger partial charge in [-0.05, 0) is 54.8 Å². The lowest BCUT2D eigenvalue weighted by atomic mass is 10.3. The molecule has 0 fully saturated rings. The number of sulfonamides is 1. The normalized spacial score (nSPS) is 12.4. The maximum Gasteiger partial charge on any atom is 0.238 e. The number of carbonyl (C=O) groups excluding carboxylic acids is 1. The Hall–Kier alpha value is -2.99. The average Bonchev–Trinajstić information content (AvgIpc) is 3.44. The van der Waals surface area contributed by atoms with Gasteiger partial charge in [0.15, 0.2) is 5.16 Å². The van der Waals surface area contributed by atoms with Crippen molar-refractivity contribution in [2.75, 3.05) is 5.32 Å². The van der Waals surface area contributed by atoms with Gasteiger partial charge in [0.1, 0.15) is 5.82 Å². The van der Waals surface area contributed by atoms with Crippen molar-refractivity contribution in [1.82, 2.24) is 14.8 Å². The highest BCUT2D eigenvalue weighted by Crippen LogP contribution is 2.28. The van der Waals surface area contributed by atoms with E-state index in [-0.39, 0.29) is 10.8 Å². The molecule has 4 aromatic rings. The minimum atomic E-state index is -3.79. The molecule has 0 saturated heterocycles. The number of nitrogens with one attached hydrogen (secondary N) is 1. The van der Waals surface area contributed by atoms with E-state index in [9.17, 15) is 13.2 Å². The zero-order chi connectivity index (χ0) is 23.4. The van der Waals surface area contributed by atoms with E-state index in [1.807, 2.05) is 46.3 Å². The predicted octanol–water partition coefficient (Wildman–Crippen LogP) is 3.69. The van der Waals surface area contributed by atoms with Crippen LogP contribution >= 0.6 is 23.1 Å². The molecule has 0 aliphatic heterocycles. The van der Waals surface area contributed by atoms with Crippen LogP contribution in [0.4, 0.5) is 5.69 Å². The number of nitrogens with zero attached hydrogens (tertiary/aromatic N) is 3. The van der Waals surface area contributed by atoms with Gasteiger partial charge >= 0.3 is 0 Å². The number of rotatable bonds is 8. The highest BCUT2D eigenvalue weighted by molar-refractivity contribution is 8.00. The van der Waals surface area contributed by atoms with Gasteiger partial charge in [-0.25, -0.2) is 13.6 Å². The predicted molar refractivity (Wildman–Crippen MR) is 130 cm³/mol. The highest BCUT2D eigenvalue weighted by atomic mass is 32.2. The number of anilines is 1. The van der Waals surface area contributed by atoms with Gasteiger partial charge in [-0.3, -0.25) is 9.36 Å². The average molecular weight is 500 g/mol. The number of hydrogen-bond donors (Lipinski definition) is 2. The van der Waals surface area contributed by atoms with Gasteiger partial charge in [-0.1, -0.05) is 36.0 Å². The molecule has 3 N–H and O–H groups in total. The van der Waals surface area contributed by atoms with Crippen molar-refractivity contribution in [2.45, 2.75) is 28.6 Å². The molecule has 11 heteroatoms. The Morgan fingerprint density at radius 1 is 1.09 bits per heavy atom. The number of para-hydroxylation sites is 1. The molecule has 0 spiro atoms. The van der Waals surface area contributed by atoms with Crippen molar-refractivity contribution < 1.29 is 13.2 Å². The maximum atomic E-state index is 12.8. The molecule has 33 heavy (non-hydrogen) atoms. The van der Waals surface area contributed by atoms with E-state index in [1.165, 1.54) is 40.9 Å². The molecule has 2 aromatic heterocycles. The molecular weight excluding hydrogens is 478 g/mol. The van der Waals surface area contributed by atoms with Crippen LogP contribution in [0.2, 0.25) is 0 Å². The van der Waals surface area contributed by atoms with Crippen molar-refractivity contribution in [3.05, 3.63) is 82.8 Å². The van der Waals surface area contributed by atoms with E-state index in [4.69, 9.17) is 5.14 Å². The van der Waals surface area contributed by atoms with Crippen LogP contribution in [0.15, 0.2) is 82.2 Å². The van der Waals surface area contributed by atoms with Crippen molar-refractivity contribution in [3.63, 3.8) is 0 Å². The summed E-state index contributed by atoms with van der Waals surface area (Å²) in [4.78, 5) is 13.9. The quantitative estimate of drug-likeness (QED) is 0.357. The van der Waals surface area contributed by atoms with Crippen molar-refractivity contribution in [2.24, 2.45) is 5.14 Å². The number of nitrogens with two attached hydrogens (primary N) is 1. The summed E-state index contributed by atoms with van der Waals surface area (Å²) in [5.41, 5.74) is 1.39. The molecule has 4 rings (SSSR count). The molecule has 170 valence electrons. The molecule has 0 unspecified atom stereocenters. The number of thioether (sulfide) groups is 1. The summed E-state index contributed by atoms with van der Waals surface area (Å²) >= 11 is 2.95. The van der Waals surface area contributed by atoms with Crippen LogP contribution in [-0.4, -0.2) is 34.3 Å². The monoisotopic (exact) mass is 499 g/mol. The smallest absolute Gasteiger partial charge is 0.238 e. The summed E-state index contributed by atoms with van der Waals surface area (Å²) in [5.74, 6) is 0.545. The second kappa shape index (κ2) is 9.87. The summed E-state index contributed by atoms with van der Waals surface area (Å²) in [6.07, 6.45) is 0.636. The Kier molecular flexibility index (Phi) is 6.94. The maximum absolute atomic E-state index is 12.8. The second-order valence-corrected chi connectivity index (χ2v) is 11.0. The van der Waals surface area contributed by atoms with Crippen LogP contribution in [0.3, 0.4) is 0 Å². The molecule has 2 aromatic carbocycles. The van der Waals surface area contributed by atoms with E-state index in [1.54, 1.807) is 18.3 Å². The van der Waals surface area contributed by atoms with Gasteiger partial charge in [0.05, 0.1) is 10.1 Å². The number of benzene rings is 2. The lowest BCUT2D eigenvalue weighted by Crippen LogP contribution is -2.23. The van der Waals surface area contributed by atoms with Crippen molar-refractivity contribution in [3.8, 4) is 5.69 Å². The topological polar surface area (TPSA) is 120 Å². The van der Waals surface area contributed by atoms with Gasteiger partial charge in [-0.2, -0.15) is 0 Å². The van der Waals surface area contributed by atoms with E-state index in [0.29, 0.717) is 17.3 Å². The second-order valence-electron chi connectivity index (χ2n) is 7.14. The van der Waals surface area contributed by atoms with Gasteiger partial charge in [0.25, 0.3) is 0 Å². The fourth-order valence-corrected chi connectivity index (χ4v) is 5.18. The molecule has 0 aliphatic carbocycles. The Morgan fingerprint density at radius 3 is 2.45 bits per heavy atom. The van der Waals surface area contributed by atoms with Crippen LogP contribution in [0.5, 0.6) is 0 Å². The Balaban J connectivity index is 1.53. The van der Waals surface area contributed by atoms with E-state index < -0.39 is 15.3 Å². The summed E-state index contributed by atoms with van der Waals surface area (Å²) in [7, 11) is -3.79. The van der Waals surface area contributed by atoms with Gasteiger partial charge < -0.3 is 5.32 Å². The molecular formula is C22H21N5O3S3. The molecule has 8 nitrogen and oxygen atoms in total. The number of primary sulfonamides is 1. The lowest BCUT2D eigenvalue weighted by Gasteiger charge is -2.14. The molecule has 1 atom stereocenters. The van der Waals surface area contributed by atoms with Crippen LogP contribution in [-0.2, 0) is 21.2 Å². The summed E-state index contributed by atoms with van der Waals surface area (Å²) in [6, 6.07) is 19.5. The van der Waals surface area contributed by atoms with Crippen LogP contribution < -0.4 is 10.5 Å². The van der Waals surface area contributed by atoms with Gasteiger partial charge in [-0.15, -0.1) is 21.5 Å². The largest absolute Gasteiger partial charge is 0.325 e. The van der Waals surface area contributed by atoms with E-state index in [2.05, 4.69) is 21.6 Å². The fraction of sp³-hybridized carbons (Fsp3) is 0.136. The number of carbonyl (C=O) groups is 1. The third-order valence-electron chi connectivity index (χ3n) is 4.73. The lowest BCUT2D eigenvalue weighted by molar-refractivity contribution is -0.115. The number of hydrogen-bond acceptors (Lipinski definition) is 7. The molecule has 0 bridgehead atoms. The van der Waals surface area contributed by atoms with E-state index in [0.717, 1.165) is 11.5 Å². The Labute approximate surface area is 199 Å². The van der Waals surface area contributed by atoms with E-state index >= 15 is 0 Å². The number of thiophene rings is 1. The van der Waals surface area contributed by atoms with Crippen LogP contribution in [0.1, 0.15) is 17.6 Å². The summed E-state index contributed by atoms with van der Waals surface area (Å²) in [6.45, 7) is 1.78. The minimum Gasteiger partial charge on any atom is -0.325 e. The van der Waals surface area contributed by atoms with Gasteiger partial charge in [0, 0.05) is 22.7 Å². The van der Waals surface area contributed by atoms with Crippen LogP contribution in [0.25, 0.3) is 5.69 Å². The van der Waals surface area contributed by atoms with Crippen molar-refractivity contribution >= 4 is 44.7 Å². The molecule has 2 heterocycles. The number of aromatic nitrogens is 3. The van der Waals surface area contributed by atoms with Crippen molar-refractivity contribution in [1.29, 1.82) is 0 Å². The SMILES string of the molecule is C[C@H](Sc1nnc(Cc2cccs2)n1-c1ccccc1)C(=O)Nc1ccc(S(N)(=O)=O)cc1. The zero-order valence-electron chi connectivity index (χ0n) is 17.6. The number of amides is 1. The fourth-order valence-electron chi connectivity index (χ4n) is 3.08. The molecule has 1 amide bonds. The standard InChI is InChI=1S/C22H21N5O3S3/c1-15(21(28)24-16-9-11-19(12-10-16)33(23,29)30)32-22-26-25-20(14-18-8-5-13-31-18)27(22)17-6-3-2-4-7-17/h2-13,15H,14H2,1H3,(H,24,28)(H2,23,29,30)/t15-/m0/s1. The Morgan fingerprint density at radius 2 is 1.82 bits per heavy atom. The van der Waals surface area contributed by atoms with Gasteiger partial charge in [0.2, 0.25) is 15.9 Å². The van der Waals surface area contributed by atoms with Crippen LogP contribution in [0, 0.1) is 0 Å². The third-order valence-corrected chi connectivity index (χ3v) is 7.58. The minimum absolute atomic E-state index is 0.0165. The first-order valence-electron chi connectivity index (χ1n) is 9.94. The first-order chi connectivity index (χ1) is 15.8. The first kappa shape index (κ1) is 23.2. The molecule has 0 aliphatic rings. The third kappa shape index (κ3) is 5.69. The highest BCUT2D eigenvalue weighted by Gasteiger charge is 2.22.